The van der Waals surface area contributed by atoms with Gasteiger partial charge in [0.1, 0.15) is 16.4 Å². The van der Waals surface area contributed by atoms with Crippen molar-refractivity contribution >= 4 is 23.4 Å². The van der Waals surface area contributed by atoms with Gasteiger partial charge in [-0.25, -0.2) is 4.79 Å². The quantitative estimate of drug-likeness (QED) is 0.533. The van der Waals surface area contributed by atoms with Crippen molar-refractivity contribution in [3.63, 3.8) is 0 Å². The first-order chi connectivity index (χ1) is 12.6. The van der Waals surface area contributed by atoms with Gasteiger partial charge in [0.05, 0.1) is 11.5 Å². The van der Waals surface area contributed by atoms with Crippen LogP contribution in [0.1, 0.15) is 32.8 Å². The van der Waals surface area contributed by atoms with Crippen LogP contribution in [0.2, 0.25) is 5.02 Å². The Morgan fingerprint density at radius 1 is 1.37 bits per heavy atom. The van der Waals surface area contributed by atoms with Gasteiger partial charge in [-0.3, -0.25) is 15.0 Å². The third-order valence-electron chi connectivity index (χ3n) is 4.67. The molecule has 148 valence electrons. The van der Waals surface area contributed by atoms with Crippen LogP contribution < -0.4 is 4.74 Å². The van der Waals surface area contributed by atoms with E-state index >= 15 is 0 Å². The van der Waals surface area contributed by atoms with Gasteiger partial charge in [-0.05, 0) is 27.2 Å². The molecule has 1 amide bonds. The molecule has 1 fully saturated rings. The summed E-state index contributed by atoms with van der Waals surface area (Å²) in [6, 6.07) is 3.11. The molecule has 2 aliphatic heterocycles. The highest BCUT2D eigenvalue weighted by Gasteiger charge is 2.33. The van der Waals surface area contributed by atoms with Crippen LogP contribution in [0.25, 0.3) is 0 Å². The fraction of sp³-hybridized carbons (Fsp3) is 0.611. The van der Waals surface area contributed by atoms with E-state index in [1.807, 2.05) is 20.8 Å². The van der Waals surface area contributed by atoms with E-state index in [4.69, 9.17) is 21.1 Å². The maximum Gasteiger partial charge on any atom is 0.410 e. The Morgan fingerprint density at radius 2 is 2.11 bits per heavy atom. The summed E-state index contributed by atoms with van der Waals surface area (Å²) >= 11 is 6.00. The highest BCUT2D eigenvalue weighted by atomic mass is 35.5. The average molecular weight is 398 g/mol. The molecule has 2 heterocycles. The zero-order valence-corrected chi connectivity index (χ0v) is 16.5. The predicted molar refractivity (Wildman–Crippen MR) is 100 cm³/mol. The normalized spacial score (nSPS) is 20.6. The lowest BCUT2D eigenvalue weighted by molar-refractivity contribution is -0.384. The number of benzene rings is 1. The van der Waals surface area contributed by atoms with Gasteiger partial charge in [0.25, 0.3) is 5.69 Å². The summed E-state index contributed by atoms with van der Waals surface area (Å²) in [4.78, 5) is 27.0. The number of nitrogens with zero attached hydrogens (tertiary/aromatic N) is 3. The molecule has 0 aliphatic carbocycles. The number of rotatable bonds is 1. The standard InChI is InChI=1S/C18H24ClN3O5/c1-18(2,3)27-17(23)21-6-5-20-10-12-8-15(22(24)25)14(19)9-16(12)26-7-4-13(20)11-21/h8-9,13H,4-7,10-11H2,1-3H3/t13-/m1/s1. The van der Waals surface area contributed by atoms with Gasteiger partial charge in [-0.2, -0.15) is 0 Å². The Morgan fingerprint density at radius 3 is 2.78 bits per heavy atom. The van der Waals surface area contributed by atoms with Crippen LogP contribution in [0.3, 0.4) is 0 Å². The van der Waals surface area contributed by atoms with Crippen molar-refractivity contribution in [1.29, 1.82) is 0 Å². The van der Waals surface area contributed by atoms with Crippen LogP contribution in [0.15, 0.2) is 12.1 Å². The molecular formula is C18H24ClN3O5. The highest BCUT2D eigenvalue weighted by molar-refractivity contribution is 6.32. The van der Waals surface area contributed by atoms with Gasteiger partial charge in [-0.15, -0.1) is 0 Å². The summed E-state index contributed by atoms with van der Waals surface area (Å²) in [5.74, 6) is 0.582. The lowest BCUT2D eigenvalue weighted by Gasteiger charge is -2.42. The fourth-order valence-corrected chi connectivity index (χ4v) is 3.60. The number of ether oxygens (including phenoxy) is 2. The molecule has 9 heteroatoms. The molecule has 0 bridgehead atoms. The van der Waals surface area contributed by atoms with Gasteiger partial charge >= 0.3 is 6.09 Å². The number of fused-ring (bicyclic) bond motifs is 2. The van der Waals surface area contributed by atoms with Crippen LogP contribution in [0.4, 0.5) is 10.5 Å². The first-order valence-corrected chi connectivity index (χ1v) is 9.33. The molecule has 1 saturated heterocycles. The first-order valence-electron chi connectivity index (χ1n) is 8.95. The smallest absolute Gasteiger partial charge is 0.410 e. The van der Waals surface area contributed by atoms with E-state index < -0.39 is 10.5 Å². The summed E-state index contributed by atoms with van der Waals surface area (Å²) < 4.78 is 11.3. The number of hydrogen-bond acceptors (Lipinski definition) is 6. The van der Waals surface area contributed by atoms with E-state index in [0.29, 0.717) is 38.5 Å². The molecule has 27 heavy (non-hydrogen) atoms. The van der Waals surface area contributed by atoms with E-state index in [1.54, 1.807) is 4.90 Å². The molecule has 3 rings (SSSR count). The lowest BCUT2D eigenvalue weighted by Crippen LogP contribution is -2.55. The van der Waals surface area contributed by atoms with Crippen LogP contribution in [-0.4, -0.2) is 58.7 Å². The molecule has 1 aromatic rings. The molecular weight excluding hydrogens is 374 g/mol. The molecule has 0 unspecified atom stereocenters. The average Bonchev–Trinajstić information content (AvgIpc) is 2.54. The van der Waals surface area contributed by atoms with Gasteiger partial charge in [0, 0.05) is 49.9 Å². The van der Waals surface area contributed by atoms with Crippen LogP contribution in [-0.2, 0) is 11.3 Å². The predicted octanol–water partition coefficient (Wildman–Crippen LogP) is 3.45. The molecule has 0 N–H and O–H groups in total. The molecule has 8 nitrogen and oxygen atoms in total. The lowest BCUT2D eigenvalue weighted by atomic mass is 10.0. The Kier molecular flexibility index (Phi) is 5.48. The van der Waals surface area contributed by atoms with Crippen LogP contribution >= 0.6 is 11.6 Å². The van der Waals surface area contributed by atoms with Crippen molar-refractivity contribution in [2.24, 2.45) is 0 Å². The van der Waals surface area contributed by atoms with Gasteiger partial charge in [0.2, 0.25) is 0 Å². The number of halogens is 1. The van der Waals surface area contributed by atoms with Crippen molar-refractivity contribution < 1.29 is 19.2 Å². The summed E-state index contributed by atoms with van der Waals surface area (Å²) in [6.45, 7) is 8.27. The largest absolute Gasteiger partial charge is 0.493 e. The van der Waals surface area contributed by atoms with E-state index in [2.05, 4.69) is 4.90 Å². The summed E-state index contributed by atoms with van der Waals surface area (Å²) in [6.07, 6.45) is 0.431. The molecule has 0 saturated carbocycles. The summed E-state index contributed by atoms with van der Waals surface area (Å²) in [7, 11) is 0. The van der Waals surface area contributed by atoms with E-state index in [0.717, 1.165) is 12.0 Å². The zero-order chi connectivity index (χ0) is 19.8. The molecule has 2 aliphatic rings. The Hall–Kier alpha value is -2.06. The summed E-state index contributed by atoms with van der Waals surface area (Å²) in [5, 5.41) is 11.3. The second-order valence-electron chi connectivity index (χ2n) is 7.86. The molecule has 1 atom stereocenters. The minimum atomic E-state index is -0.532. The first kappa shape index (κ1) is 19.7. The van der Waals surface area contributed by atoms with Gasteiger partial charge < -0.3 is 14.4 Å². The number of amides is 1. The molecule has 0 radical (unpaired) electrons. The second-order valence-corrected chi connectivity index (χ2v) is 8.26. The van der Waals surface area contributed by atoms with E-state index in [-0.39, 0.29) is 22.8 Å². The van der Waals surface area contributed by atoms with Crippen LogP contribution in [0.5, 0.6) is 5.75 Å². The number of hydrogen-bond donors (Lipinski definition) is 0. The Labute approximate surface area is 163 Å². The van der Waals surface area contributed by atoms with Gasteiger partial charge in [-0.1, -0.05) is 11.6 Å². The SMILES string of the molecule is CC(C)(C)OC(=O)N1CCN2Cc3cc([N+](=O)[O-])c(Cl)cc3OCC[C@@H]2C1. The molecule has 1 aromatic carbocycles. The van der Waals surface area contributed by atoms with E-state index in [9.17, 15) is 14.9 Å². The summed E-state index contributed by atoms with van der Waals surface area (Å²) in [5.41, 5.74) is 0.0835. The fourth-order valence-electron chi connectivity index (χ4n) is 3.38. The van der Waals surface area contributed by atoms with Crippen molar-refractivity contribution in [2.45, 2.75) is 45.4 Å². The topological polar surface area (TPSA) is 85.2 Å². The maximum atomic E-state index is 12.4. The number of nitro benzene ring substituents is 1. The Balaban J connectivity index is 1.76. The number of nitro groups is 1. The number of carbonyl (C=O) groups is 1. The number of piperazine rings is 1. The van der Waals surface area contributed by atoms with Crippen molar-refractivity contribution in [3.8, 4) is 5.75 Å². The Bertz CT molecular complexity index is 749. The third kappa shape index (κ3) is 4.62. The minimum absolute atomic E-state index is 0.0746. The highest BCUT2D eigenvalue weighted by Crippen LogP contribution is 2.35. The van der Waals surface area contributed by atoms with E-state index in [1.165, 1.54) is 12.1 Å². The van der Waals surface area contributed by atoms with Crippen molar-refractivity contribution in [1.82, 2.24) is 9.80 Å². The van der Waals surface area contributed by atoms with Crippen LogP contribution in [0, 0.1) is 10.1 Å². The van der Waals surface area contributed by atoms with Crippen molar-refractivity contribution in [3.05, 3.63) is 32.8 Å². The molecule has 0 aromatic heterocycles. The monoisotopic (exact) mass is 397 g/mol. The van der Waals surface area contributed by atoms with Crippen molar-refractivity contribution in [2.75, 3.05) is 26.2 Å². The second kappa shape index (κ2) is 7.52. The molecule has 0 spiro atoms. The maximum absolute atomic E-state index is 12.4. The minimum Gasteiger partial charge on any atom is -0.493 e. The zero-order valence-electron chi connectivity index (χ0n) is 15.7. The van der Waals surface area contributed by atoms with Gasteiger partial charge in [0.15, 0.2) is 0 Å². The third-order valence-corrected chi connectivity index (χ3v) is 4.97. The number of carbonyl (C=O) groups excluding carboxylic acids is 1.